The summed E-state index contributed by atoms with van der Waals surface area (Å²) in [4.78, 5) is 0. The van der Waals surface area contributed by atoms with Gasteiger partial charge in [0, 0.05) is 0 Å². The van der Waals surface area contributed by atoms with E-state index in [1.54, 1.807) is 0 Å². The van der Waals surface area contributed by atoms with Gasteiger partial charge in [-0.25, -0.2) is 0 Å². The largest absolute Gasteiger partial charge is 1.00 e. The van der Waals surface area contributed by atoms with Gasteiger partial charge in [-0.1, -0.05) is 40.0 Å². The van der Waals surface area contributed by atoms with Crippen LogP contribution < -0.4 is 12.4 Å². The van der Waals surface area contributed by atoms with Crippen molar-refractivity contribution in [2.45, 2.75) is 59.3 Å². The fraction of sp³-hybridized carbons (Fsp3) is 1.00. The summed E-state index contributed by atoms with van der Waals surface area (Å²) < 4.78 is 1.28. The lowest BCUT2D eigenvalue weighted by Crippen LogP contribution is -3.00. The summed E-state index contributed by atoms with van der Waals surface area (Å²) in [5, 5.41) is 0. The Balaban J connectivity index is 0. The first-order valence-electron chi connectivity index (χ1n) is 7.15. The van der Waals surface area contributed by atoms with E-state index in [4.69, 9.17) is 11.6 Å². The third kappa shape index (κ3) is 9.16. The van der Waals surface area contributed by atoms with Crippen molar-refractivity contribution in [2.24, 2.45) is 0 Å². The molecule has 0 spiro atoms. The molecule has 0 rings (SSSR count). The number of hydrogen-bond acceptors (Lipinski definition) is 0. The smallest absolute Gasteiger partial charge is 0.0924 e. The maximum Gasteiger partial charge on any atom is 0.0924 e. The van der Waals surface area contributed by atoms with Gasteiger partial charge < -0.3 is 16.9 Å². The van der Waals surface area contributed by atoms with Crippen LogP contribution in [0.4, 0.5) is 0 Å². The molecule has 0 aromatic rings. The molecule has 0 radical (unpaired) electrons. The second-order valence-electron chi connectivity index (χ2n) is 4.99. The molecule has 106 valence electrons. The predicted molar refractivity (Wildman–Crippen MR) is 75.2 cm³/mol. The van der Waals surface area contributed by atoms with E-state index in [2.05, 4.69) is 20.8 Å². The Kier molecular flexibility index (Phi) is 15.2. The molecule has 0 aliphatic heterocycles. The summed E-state index contributed by atoms with van der Waals surface area (Å²) in [5.41, 5.74) is 0. The van der Waals surface area contributed by atoms with Crippen molar-refractivity contribution < 1.29 is 16.9 Å². The second-order valence-corrected chi connectivity index (χ2v) is 5.36. The first kappa shape index (κ1) is 19.9. The number of nitrogens with zero attached hydrogens (tertiary/aromatic N) is 1. The van der Waals surface area contributed by atoms with Gasteiger partial charge in [0.05, 0.1) is 32.1 Å². The quantitative estimate of drug-likeness (QED) is 0.398. The molecule has 3 heteroatoms. The van der Waals surface area contributed by atoms with Crippen molar-refractivity contribution in [1.29, 1.82) is 0 Å². The summed E-state index contributed by atoms with van der Waals surface area (Å²) in [6.45, 7) is 12.0. The zero-order valence-electron chi connectivity index (χ0n) is 12.0. The summed E-state index contributed by atoms with van der Waals surface area (Å²) in [6, 6.07) is 0. The lowest BCUT2D eigenvalue weighted by molar-refractivity contribution is -0.926. The minimum absolute atomic E-state index is 0. The molecule has 0 aliphatic carbocycles. The normalized spacial score (nSPS) is 11.3. The molecular weight excluding hydrogens is 253 g/mol. The fourth-order valence-corrected chi connectivity index (χ4v) is 2.69. The number of unbranched alkanes of at least 4 members (excludes halogenated alkanes) is 3. The van der Waals surface area contributed by atoms with Gasteiger partial charge in [-0.15, -0.1) is 11.6 Å². The highest BCUT2D eigenvalue weighted by Gasteiger charge is 2.24. The maximum atomic E-state index is 6.01. The van der Waals surface area contributed by atoms with Gasteiger partial charge in [-0.2, -0.15) is 0 Å². The van der Waals surface area contributed by atoms with E-state index in [1.165, 1.54) is 69.2 Å². The van der Waals surface area contributed by atoms with Crippen molar-refractivity contribution in [2.75, 3.05) is 32.1 Å². The average molecular weight is 284 g/mol. The Bertz CT molecular complexity index is 129. The van der Waals surface area contributed by atoms with Crippen LogP contribution in [0.5, 0.6) is 0 Å². The van der Waals surface area contributed by atoms with Crippen LogP contribution in [0.1, 0.15) is 59.3 Å². The molecular formula is C14H31Cl2N. The van der Waals surface area contributed by atoms with Crippen LogP contribution in [0.15, 0.2) is 0 Å². The molecule has 1 nitrogen and oxygen atoms in total. The maximum absolute atomic E-state index is 6.01. The van der Waals surface area contributed by atoms with Crippen LogP contribution in [-0.2, 0) is 0 Å². The number of alkyl halides is 1. The van der Waals surface area contributed by atoms with E-state index in [0.717, 1.165) is 5.88 Å². The molecule has 0 N–H and O–H groups in total. The average Bonchev–Trinajstić information content (AvgIpc) is 2.31. The lowest BCUT2D eigenvalue weighted by Gasteiger charge is -2.38. The molecule has 0 aromatic carbocycles. The summed E-state index contributed by atoms with van der Waals surface area (Å²) in [5.74, 6) is 0.817. The summed E-state index contributed by atoms with van der Waals surface area (Å²) in [7, 11) is 0. The Morgan fingerprint density at radius 1 is 0.706 bits per heavy atom. The molecule has 0 atom stereocenters. The monoisotopic (exact) mass is 283 g/mol. The van der Waals surface area contributed by atoms with Gasteiger partial charge in [-0.05, 0) is 19.3 Å². The number of quaternary nitrogens is 1. The highest BCUT2D eigenvalue weighted by atomic mass is 35.5. The Hall–Kier alpha value is 0.540. The zero-order chi connectivity index (χ0) is 12.3. The van der Waals surface area contributed by atoms with Crippen LogP contribution in [-0.4, -0.2) is 36.5 Å². The van der Waals surface area contributed by atoms with Crippen LogP contribution in [0.2, 0.25) is 0 Å². The van der Waals surface area contributed by atoms with E-state index in [1.807, 2.05) is 0 Å². The summed E-state index contributed by atoms with van der Waals surface area (Å²) >= 11 is 6.01. The van der Waals surface area contributed by atoms with Crippen LogP contribution >= 0.6 is 11.6 Å². The molecule has 0 amide bonds. The first-order chi connectivity index (χ1) is 7.74. The van der Waals surface area contributed by atoms with E-state index in [0.29, 0.717) is 0 Å². The van der Waals surface area contributed by atoms with Crippen molar-refractivity contribution in [3.8, 4) is 0 Å². The molecule has 0 bridgehead atoms. The Morgan fingerprint density at radius 2 is 1.06 bits per heavy atom. The van der Waals surface area contributed by atoms with Crippen molar-refractivity contribution in [3.05, 3.63) is 0 Å². The molecule has 17 heavy (non-hydrogen) atoms. The summed E-state index contributed by atoms with van der Waals surface area (Å²) in [6.07, 6.45) is 7.97. The standard InChI is InChI=1S/C14H31ClN.ClH/c1-4-7-11-16(14-10-15,12-8-5-2)13-9-6-3;/h4-14H2,1-3H3;1H/q+1;/p-1. The minimum atomic E-state index is 0. The molecule has 0 aliphatic rings. The topological polar surface area (TPSA) is 0 Å². The Morgan fingerprint density at radius 3 is 1.29 bits per heavy atom. The third-order valence-electron chi connectivity index (χ3n) is 3.52. The van der Waals surface area contributed by atoms with Crippen LogP contribution in [0.25, 0.3) is 0 Å². The van der Waals surface area contributed by atoms with Gasteiger partial charge in [-0.3, -0.25) is 0 Å². The van der Waals surface area contributed by atoms with E-state index < -0.39 is 0 Å². The first-order valence-corrected chi connectivity index (χ1v) is 7.69. The molecule has 0 unspecified atom stereocenters. The van der Waals surface area contributed by atoms with Gasteiger partial charge in [0.1, 0.15) is 0 Å². The number of rotatable bonds is 11. The molecule has 0 saturated heterocycles. The number of hydrogen-bond donors (Lipinski definition) is 0. The number of halogens is 2. The highest BCUT2D eigenvalue weighted by molar-refractivity contribution is 6.17. The van der Waals surface area contributed by atoms with E-state index in [9.17, 15) is 0 Å². The van der Waals surface area contributed by atoms with Gasteiger partial charge in [0.25, 0.3) is 0 Å². The Labute approximate surface area is 120 Å². The SMILES string of the molecule is CCCC[N+](CCCl)(CCCC)CCCC.[Cl-]. The predicted octanol–water partition coefficient (Wildman–Crippen LogP) is 1.45. The third-order valence-corrected chi connectivity index (χ3v) is 3.69. The van der Waals surface area contributed by atoms with E-state index >= 15 is 0 Å². The van der Waals surface area contributed by atoms with Crippen LogP contribution in [0, 0.1) is 0 Å². The fourth-order valence-electron chi connectivity index (χ4n) is 2.33. The van der Waals surface area contributed by atoms with Gasteiger partial charge in [0.2, 0.25) is 0 Å². The van der Waals surface area contributed by atoms with Gasteiger partial charge >= 0.3 is 0 Å². The van der Waals surface area contributed by atoms with Crippen LogP contribution in [0.3, 0.4) is 0 Å². The van der Waals surface area contributed by atoms with Gasteiger partial charge in [0.15, 0.2) is 0 Å². The lowest BCUT2D eigenvalue weighted by atomic mass is 10.1. The molecule has 0 saturated carbocycles. The molecule has 0 fully saturated rings. The molecule has 0 heterocycles. The van der Waals surface area contributed by atoms with E-state index in [-0.39, 0.29) is 12.4 Å². The molecule has 0 aromatic heterocycles. The minimum Gasteiger partial charge on any atom is -1.00 e. The second kappa shape index (κ2) is 13.0. The zero-order valence-corrected chi connectivity index (χ0v) is 13.5. The highest BCUT2D eigenvalue weighted by Crippen LogP contribution is 2.14. The van der Waals surface area contributed by atoms with Crippen molar-refractivity contribution in [1.82, 2.24) is 0 Å². The van der Waals surface area contributed by atoms with Crippen molar-refractivity contribution >= 4 is 11.6 Å². The van der Waals surface area contributed by atoms with Crippen molar-refractivity contribution in [3.63, 3.8) is 0 Å².